The first-order valence-corrected chi connectivity index (χ1v) is 5.12. The molecule has 1 aliphatic heterocycles. The quantitative estimate of drug-likeness (QED) is 0.356. The van der Waals surface area contributed by atoms with Gasteiger partial charge in [-0.05, 0) is 25.9 Å². The van der Waals surface area contributed by atoms with Gasteiger partial charge in [-0.3, -0.25) is 4.90 Å². The molecular weight excluding hydrogens is 178 g/mol. The summed E-state index contributed by atoms with van der Waals surface area (Å²) in [6.07, 6.45) is 5.14. The molecule has 0 unspecified atom stereocenters. The first kappa shape index (κ1) is 11.1. The van der Waals surface area contributed by atoms with Crippen LogP contribution in [0.3, 0.4) is 0 Å². The molecule has 1 saturated heterocycles. The van der Waals surface area contributed by atoms with Crippen LogP contribution in [0.25, 0.3) is 0 Å². The minimum absolute atomic E-state index is 0.445. The van der Waals surface area contributed by atoms with Crippen LogP contribution in [0.4, 0.5) is 0 Å². The summed E-state index contributed by atoms with van der Waals surface area (Å²) in [5.74, 6) is 4.84. The van der Waals surface area contributed by atoms with Crippen molar-refractivity contribution in [3.63, 3.8) is 0 Å². The highest BCUT2D eigenvalue weighted by Crippen LogP contribution is 2.08. The number of hydrogen-bond acceptors (Lipinski definition) is 3. The molecule has 0 amide bonds. The normalized spacial score (nSPS) is 17.8. The van der Waals surface area contributed by atoms with E-state index in [2.05, 4.69) is 21.5 Å². The Kier molecular flexibility index (Phi) is 5.09. The standard InChI is InChI=1S/C11H17NO2/c1-14-11(13)7-6-10-12-8-4-2-3-5-9-12/h2-5,8-10H2,1H3. The maximum Gasteiger partial charge on any atom is 0.384 e. The molecule has 14 heavy (non-hydrogen) atoms. The second kappa shape index (κ2) is 6.44. The number of carbonyl (C=O) groups is 1. The predicted octanol–water partition coefficient (Wildman–Crippen LogP) is 1.04. The fourth-order valence-electron chi connectivity index (χ4n) is 1.57. The molecule has 1 rings (SSSR count). The van der Waals surface area contributed by atoms with Crippen molar-refractivity contribution in [2.75, 3.05) is 26.7 Å². The number of likely N-dealkylation sites (tertiary alicyclic amines) is 1. The average molecular weight is 195 g/mol. The number of hydrogen-bond donors (Lipinski definition) is 0. The highest BCUT2D eigenvalue weighted by atomic mass is 16.5. The zero-order chi connectivity index (χ0) is 10.2. The molecule has 0 saturated carbocycles. The van der Waals surface area contributed by atoms with Crippen molar-refractivity contribution in [3.8, 4) is 11.8 Å². The molecule has 3 heteroatoms. The van der Waals surface area contributed by atoms with Crippen molar-refractivity contribution in [1.82, 2.24) is 4.90 Å². The lowest BCUT2D eigenvalue weighted by atomic mass is 10.2. The Hall–Kier alpha value is -1.01. The van der Waals surface area contributed by atoms with E-state index in [1.54, 1.807) is 0 Å². The number of esters is 1. The van der Waals surface area contributed by atoms with E-state index in [0.717, 1.165) is 13.1 Å². The summed E-state index contributed by atoms with van der Waals surface area (Å²) >= 11 is 0. The molecule has 0 aliphatic carbocycles. The van der Waals surface area contributed by atoms with Crippen molar-refractivity contribution < 1.29 is 9.53 Å². The Balaban J connectivity index is 2.27. The zero-order valence-corrected chi connectivity index (χ0v) is 8.71. The van der Waals surface area contributed by atoms with Gasteiger partial charge in [-0.1, -0.05) is 18.8 Å². The predicted molar refractivity (Wildman–Crippen MR) is 54.7 cm³/mol. The van der Waals surface area contributed by atoms with Crippen molar-refractivity contribution in [1.29, 1.82) is 0 Å². The Morgan fingerprint density at radius 3 is 2.50 bits per heavy atom. The molecule has 0 radical (unpaired) electrons. The Labute approximate surface area is 85.4 Å². The number of nitrogens with zero attached hydrogens (tertiary/aromatic N) is 1. The smallest absolute Gasteiger partial charge is 0.384 e. The van der Waals surface area contributed by atoms with Gasteiger partial charge in [0.1, 0.15) is 0 Å². The van der Waals surface area contributed by atoms with Crippen molar-refractivity contribution in [3.05, 3.63) is 0 Å². The molecule has 0 spiro atoms. The molecule has 0 aromatic heterocycles. The second-order valence-corrected chi connectivity index (χ2v) is 3.48. The molecular formula is C11H17NO2. The first-order chi connectivity index (χ1) is 6.83. The van der Waals surface area contributed by atoms with Crippen LogP contribution < -0.4 is 0 Å². The van der Waals surface area contributed by atoms with Crippen LogP contribution in [-0.4, -0.2) is 37.6 Å². The third kappa shape index (κ3) is 4.29. The SMILES string of the molecule is COC(=O)C#CCN1CCCCCC1. The lowest BCUT2D eigenvalue weighted by molar-refractivity contribution is -0.133. The van der Waals surface area contributed by atoms with Gasteiger partial charge in [0.2, 0.25) is 0 Å². The average Bonchev–Trinajstić information content (AvgIpc) is 2.46. The third-order valence-corrected chi connectivity index (χ3v) is 2.38. The molecule has 3 nitrogen and oxygen atoms in total. The largest absolute Gasteiger partial charge is 0.459 e. The van der Waals surface area contributed by atoms with Gasteiger partial charge < -0.3 is 4.74 Å². The lowest BCUT2D eigenvalue weighted by Crippen LogP contribution is -2.24. The van der Waals surface area contributed by atoms with Gasteiger partial charge in [-0.2, -0.15) is 0 Å². The second-order valence-electron chi connectivity index (χ2n) is 3.48. The van der Waals surface area contributed by atoms with Gasteiger partial charge in [0.05, 0.1) is 13.7 Å². The number of ether oxygens (including phenoxy) is 1. The molecule has 78 valence electrons. The first-order valence-electron chi connectivity index (χ1n) is 5.12. The topological polar surface area (TPSA) is 29.5 Å². The highest BCUT2D eigenvalue weighted by molar-refractivity contribution is 5.88. The van der Waals surface area contributed by atoms with Crippen LogP contribution in [0.5, 0.6) is 0 Å². The Morgan fingerprint density at radius 1 is 1.29 bits per heavy atom. The van der Waals surface area contributed by atoms with Gasteiger partial charge in [0.25, 0.3) is 0 Å². The fourth-order valence-corrected chi connectivity index (χ4v) is 1.57. The van der Waals surface area contributed by atoms with Crippen LogP contribution in [0.2, 0.25) is 0 Å². The molecule has 1 heterocycles. The summed E-state index contributed by atoms with van der Waals surface area (Å²) in [6.45, 7) is 2.90. The number of rotatable bonds is 1. The molecule has 0 aromatic rings. The third-order valence-electron chi connectivity index (χ3n) is 2.38. The van der Waals surface area contributed by atoms with Gasteiger partial charge in [0.15, 0.2) is 0 Å². The van der Waals surface area contributed by atoms with E-state index in [0.29, 0.717) is 6.54 Å². The van der Waals surface area contributed by atoms with Crippen molar-refractivity contribution in [2.24, 2.45) is 0 Å². The van der Waals surface area contributed by atoms with Crippen LogP contribution in [0.15, 0.2) is 0 Å². The monoisotopic (exact) mass is 195 g/mol. The van der Waals surface area contributed by atoms with E-state index in [1.165, 1.54) is 32.8 Å². The molecule has 1 fully saturated rings. The van der Waals surface area contributed by atoms with E-state index in [4.69, 9.17) is 0 Å². The van der Waals surface area contributed by atoms with Crippen molar-refractivity contribution >= 4 is 5.97 Å². The molecule has 0 bridgehead atoms. The number of methoxy groups -OCH3 is 1. The van der Waals surface area contributed by atoms with Crippen LogP contribution in [0.1, 0.15) is 25.7 Å². The minimum atomic E-state index is -0.445. The maximum absolute atomic E-state index is 10.7. The summed E-state index contributed by atoms with van der Waals surface area (Å²) in [5.41, 5.74) is 0. The van der Waals surface area contributed by atoms with E-state index in [-0.39, 0.29) is 0 Å². The maximum atomic E-state index is 10.7. The van der Waals surface area contributed by atoms with Gasteiger partial charge >= 0.3 is 5.97 Å². The molecule has 0 atom stereocenters. The van der Waals surface area contributed by atoms with Gasteiger partial charge in [-0.15, -0.1) is 0 Å². The van der Waals surface area contributed by atoms with E-state index in [1.807, 2.05) is 0 Å². The van der Waals surface area contributed by atoms with E-state index in [9.17, 15) is 4.79 Å². The van der Waals surface area contributed by atoms with E-state index < -0.39 is 5.97 Å². The molecule has 0 N–H and O–H groups in total. The Bertz CT molecular complexity index is 231. The summed E-state index contributed by atoms with van der Waals surface area (Å²) in [5, 5.41) is 0. The summed E-state index contributed by atoms with van der Waals surface area (Å²) in [7, 11) is 1.35. The number of carbonyl (C=O) groups excluding carboxylic acids is 1. The lowest BCUT2D eigenvalue weighted by Gasteiger charge is -2.15. The summed E-state index contributed by atoms with van der Waals surface area (Å²) < 4.78 is 4.43. The van der Waals surface area contributed by atoms with Crippen LogP contribution >= 0.6 is 0 Å². The van der Waals surface area contributed by atoms with Crippen LogP contribution in [0, 0.1) is 11.8 Å². The molecule has 1 aliphatic rings. The van der Waals surface area contributed by atoms with Crippen LogP contribution in [-0.2, 0) is 9.53 Å². The summed E-state index contributed by atoms with van der Waals surface area (Å²) in [4.78, 5) is 13.0. The van der Waals surface area contributed by atoms with Crippen molar-refractivity contribution in [2.45, 2.75) is 25.7 Å². The molecule has 0 aromatic carbocycles. The zero-order valence-electron chi connectivity index (χ0n) is 8.71. The Morgan fingerprint density at radius 2 is 1.93 bits per heavy atom. The highest BCUT2D eigenvalue weighted by Gasteiger charge is 2.06. The van der Waals surface area contributed by atoms with E-state index >= 15 is 0 Å². The minimum Gasteiger partial charge on any atom is -0.459 e. The van der Waals surface area contributed by atoms with Gasteiger partial charge in [-0.25, -0.2) is 4.79 Å². The van der Waals surface area contributed by atoms with Gasteiger partial charge in [0, 0.05) is 5.92 Å². The fraction of sp³-hybridized carbons (Fsp3) is 0.727. The summed E-state index contributed by atoms with van der Waals surface area (Å²) in [6, 6.07) is 0.